The number of nitrogens with zero attached hydrogens (tertiary/aromatic N) is 2. The number of nitrogens with one attached hydrogen (secondary N) is 1. The van der Waals surface area contributed by atoms with E-state index in [1.54, 1.807) is 12.1 Å². The van der Waals surface area contributed by atoms with Crippen LogP contribution >= 0.6 is 11.5 Å². The van der Waals surface area contributed by atoms with Gasteiger partial charge in [0.05, 0.1) is 36.1 Å². The highest BCUT2D eigenvalue weighted by molar-refractivity contribution is 7.13. The van der Waals surface area contributed by atoms with E-state index in [2.05, 4.69) is 32.8 Å². The quantitative estimate of drug-likeness (QED) is 0.478. The number of phenols is 1. The number of hydrogen-bond acceptors (Lipinski definition) is 10. The second kappa shape index (κ2) is 16.6. The Kier molecular flexibility index (Phi) is 14.3. The van der Waals surface area contributed by atoms with Gasteiger partial charge in [-0.3, -0.25) is 19.0 Å². The molecule has 2 fully saturated rings. The van der Waals surface area contributed by atoms with Gasteiger partial charge < -0.3 is 29.6 Å². The van der Waals surface area contributed by atoms with Gasteiger partial charge in [-0.1, -0.05) is 35.8 Å². The maximum Gasteiger partial charge on any atom is 0.341 e. The number of fused-ring (bicyclic) bond motifs is 1. The Morgan fingerprint density at radius 2 is 1.59 bits per heavy atom. The number of H-pyrrole nitrogens is 1. The van der Waals surface area contributed by atoms with Crippen molar-refractivity contribution in [2.75, 3.05) is 40.3 Å². The third-order valence-electron chi connectivity index (χ3n) is 5.21. The summed E-state index contributed by atoms with van der Waals surface area (Å²) in [5.41, 5.74) is 0.204. The van der Waals surface area contributed by atoms with Gasteiger partial charge >= 0.3 is 5.97 Å². The van der Waals surface area contributed by atoms with Crippen LogP contribution in [-0.2, 0) is 19.0 Å². The molecule has 204 valence electrons. The van der Waals surface area contributed by atoms with Crippen molar-refractivity contribution in [2.45, 2.75) is 26.1 Å². The Hall–Kier alpha value is -3.13. The molecule has 2 aliphatic rings. The molecule has 4 N–H and O–H groups in total. The molecule has 0 bridgehead atoms. The zero-order chi connectivity index (χ0) is 26.5. The number of carbonyl (C=O) groups excluding carboxylic acids is 2. The number of hydrogen-bond donors (Lipinski definition) is 2. The van der Waals surface area contributed by atoms with Gasteiger partial charge in [0.1, 0.15) is 31.6 Å². The first-order valence-corrected chi connectivity index (χ1v) is 12.1. The summed E-state index contributed by atoms with van der Waals surface area (Å²) >= 11 is 1.38. The van der Waals surface area contributed by atoms with E-state index in [1.807, 2.05) is 31.1 Å². The van der Waals surface area contributed by atoms with Crippen LogP contribution in [0.25, 0.3) is 10.1 Å². The van der Waals surface area contributed by atoms with Crippen LogP contribution in [0.4, 0.5) is 0 Å². The molecule has 3 heterocycles. The fourth-order valence-corrected chi connectivity index (χ4v) is 4.27. The first kappa shape index (κ1) is 31.9. The van der Waals surface area contributed by atoms with E-state index in [9.17, 15) is 9.59 Å². The summed E-state index contributed by atoms with van der Waals surface area (Å²) in [7, 11) is 1.27. The van der Waals surface area contributed by atoms with Gasteiger partial charge in [-0.25, -0.2) is 4.79 Å². The Morgan fingerprint density at radius 1 is 1.05 bits per heavy atom. The largest absolute Gasteiger partial charge is 0.507 e. The molecule has 1 aromatic heterocycles. The standard InChI is InChI=1S/C9H18N2O2.C8H8O3.C7H5NOS.CH2O.H2O/c1-8-3-10(6-12-8)5-11-4-9(2)13-7-11;1-11-8(10)6-4-2-3-5-7(6)9;9-7-5-3-1-2-4-6(5)10-8-7;1-2;/h8-9H,3-7H2,1-2H3;2-5,9H,1H3;1-4H,(H,8,9);1H2;1H2. The number of aromatic hydroxyl groups is 1. The van der Waals surface area contributed by atoms with Crippen molar-refractivity contribution in [3.05, 3.63) is 64.4 Å². The number of ether oxygens (including phenoxy) is 3. The van der Waals surface area contributed by atoms with Crippen molar-refractivity contribution in [1.82, 2.24) is 14.2 Å². The van der Waals surface area contributed by atoms with E-state index in [4.69, 9.17) is 19.4 Å². The lowest BCUT2D eigenvalue weighted by Gasteiger charge is -2.20. The van der Waals surface area contributed by atoms with Crippen molar-refractivity contribution in [2.24, 2.45) is 0 Å². The van der Waals surface area contributed by atoms with Gasteiger partial charge in [-0.15, -0.1) is 0 Å². The molecule has 0 radical (unpaired) electrons. The minimum Gasteiger partial charge on any atom is -0.507 e. The molecule has 2 aliphatic heterocycles. The highest BCUT2D eigenvalue weighted by Gasteiger charge is 2.25. The van der Waals surface area contributed by atoms with Crippen LogP contribution in [0.5, 0.6) is 5.75 Å². The molecule has 0 amide bonds. The summed E-state index contributed by atoms with van der Waals surface area (Å²) < 4.78 is 19.0. The highest BCUT2D eigenvalue weighted by Crippen LogP contribution is 2.16. The molecule has 37 heavy (non-hydrogen) atoms. The topological polar surface area (TPSA) is 153 Å². The molecule has 0 aliphatic carbocycles. The van der Waals surface area contributed by atoms with Crippen molar-refractivity contribution in [1.29, 1.82) is 0 Å². The maximum absolute atomic E-state index is 10.9. The lowest BCUT2D eigenvalue weighted by Crippen LogP contribution is -2.35. The molecule has 2 saturated heterocycles. The second-order valence-electron chi connectivity index (χ2n) is 8.10. The number of aromatic nitrogens is 1. The summed E-state index contributed by atoms with van der Waals surface area (Å²) in [4.78, 5) is 34.4. The van der Waals surface area contributed by atoms with Crippen molar-refractivity contribution in [3.8, 4) is 5.75 Å². The van der Waals surface area contributed by atoms with Crippen LogP contribution in [0.15, 0.2) is 53.3 Å². The number of methoxy groups -OCH3 is 1. The van der Waals surface area contributed by atoms with Crippen LogP contribution in [0.2, 0.25) is 0 Å². The number of esters is 1. The second-order valence-corrected chi connectivity index (χ2v) is 8.95. The summed E-state index contributed by atoms with van der Waals surface area (Å²) in [6, 6.07) is 13.8. The smallest absolute Gasteiger partial charge is 0.341 e. The fraction of sp³-hybridized carbons (Fsp3) is 0.400. The van der Waals surface area contributed by atoms with E-state index in [-0.39, 0.29) is 22.3 Å². The molecule has 0 saturated carbocycles. The van der Waals surface area contributed by atoms with Crippen LogP contribution in [-0.4, -0.2) is 90.1 Å². The molecule has 5 rings (SSSR count). The lowest BCUT2D eigenvalue weighted by molar-refractivity contribution is -0.0980. The number of carbonyl (C=O) groups is 2. The maximum atomic E-state index is 10.9. The summed E-state index contributed by atoms with van der Waals surface area (Å²) in [5, 5.41) is 9.90. The zero-order valence-corrected chi connectivity index (χ0v) is 22.0. The third kappa shape index (κ3) is 10.0. The van der Waals surface area contributed by atoms with Gasteiger partial charge in [0.15, 0.2) is 0 Å². The summed E-state index contributed by atoms with van der Waals surface area (Å²) in [5.74, 6) is -0.581. The average Bonchev–Trinajstić information content (AvgIpc) is 3.61. The van der Waals surface area contributed by atoms with E-state index in [0.717, 1.165) is 43.3 Å². The summed E-state index contributed by atoms with van der Waals surface area (Å²) in [6.07, 6.45) is 0.780. The van der Waals surface area contributed by atoms with Gasteiger partial charge in [0.2, 0.25) is 0 Å². The molecular weight excluding hydrogens is 502 g/mol. The van der Waals surface area contributed by atoms with Crippen LogP contribution < -0.4 is 5.56 Å². The molecule has 11 nitrogen and oxygen atoms in total. The molecule has 3 aromatic rings. The van der Waals surface area contributed by atoms with E-state index in [0.29, 0.717) is 12.2 Å². The van der Waals surface area contributed by atoms with Crippen molar-refractivity contribution < 1.29 is 34.4 Å². The third-order valence-corrected chi connectivity index (χ3v) is 6.07. The van der Waals surface area contributed by atoms with E-state index < -0.39 is 5.97 Å². The molecular formula is C25H35N3O8S. The molecule has 2 atom stereocenters. The Bertz CT molecular complexity index is 1120. The lowest BCUT2D eigenvalue weighted by atomic mass is 10.2. The van der Waals surface area contributed by atoms with Crippen molar-refractivity contribution >= 4 is 34.4 Å². The first-order valence-electron chi connectivity index (χ1n) is 11.3. The van der Waals surface area contributed by atoms with Crippen molar-refractivity contribution in [3.63, 3.8) is 0 Å². The SMILES string of the molecule is C=O.CC1CN(CN2COC(C)C2)CO1.COC(=O)c1ccccc1O.O.O=c1[nH]sc2ccccc12. The van der Waals surface area contributed by atoms with E-state index >= 15 is 0 Å². The molecule has 2 aromatic carbocycles. The normalized spacial score (nSPS) is 18.8. The monoisotopic (exact) mass is 537 g/mol. The number of phenolic OH excluding ortho intramolecular Hbond substituents is 1. The zero-order valence-electron chi connectivity index (χ0n) is 21.2. The van der Waals surface area contributed by atoms with Crippen LogP contribution in [0.3, 0.4) is 0 Å². The van der Waals surface area contributed by atoms with Gasteiger partial charge in [-0.2, -0.15) is 0 Å². The van der Waals surface area contributed by atoms with Gasteiger partial charge in [0, 0.05) is 13.1 Å². The predicted molar refractivity (Wildman–Crippen MR) is 142 cm³/mol. The van der Waals surface area contributed by atoms with Crippen LogP contribution in [0, 0.1) is 0 Å². The molecule has 2 unspecified atom stereocenters. The molecule has 0 spiro atoms. The van der Waals surface area contributed by atoms with Gasteiger partial charge in [-0.05, 0) is 38.1 Å². The first-order chi connectivity index (χ1) is 17.4. The predicted octanol–water partition coefficient (Wildman–Crippen LogP) is 2.06. The highest BCUT2D eigenvalue weighted by atomic mass is 32.1. The Balaban J connectivity index is 0.000000267. The van der Waals surface area contributed by atoms with Gasteiger partial charge in [0.25, 0.3) is 5.56 Å². The number of para-hydroxylation sites is 1. The minimum absolute atomic E-state index is 0. The fourth-order valence-electron chi connectivity index (χ4n) is 3.54. The summed E-state index contributed by atoms with van der Waals surface area (Å²) in [6.45, 7) is 10.8. The van der Waals surface area contributed by atoms with E-state index in [1.165, 1.54) is 30.8 Å². The molecule has 12 heteroatoms. The number of rotatable bonds is 3. The van der Waals surface area contributed by atoms with Crippen LogP contribution in [0.1, 0.15) is 24.2 Å². The Labute approximate surface area is 219 Å². The minimum atomic E-state index is -0.525. The number of aromatic amines is 1. The number of benzene rings is 2. The Morgan fingerprint density at radius 3 is 2.08 bits per heavy atom. The average molecular weight is 538 g/mol.